The lowest BCUT2D eigenvalue weighted by Crippen LogP contribution is -1.98. The number of rotatable bonds is 4. The molecular formula is C10H13O3. The van der Waals surface area contributed by atoms with Crippen molar-refractivity contribution in [2.45, 2.75) is 20.0 Å². The van der Waals surface area contributed by atoms with Gasteiger partial charge in [-0.3, -0.25) is 0 Å². The fourth-order valence-corrected chi connectivity index (χ4v) is 1.01. The summed E-state index contributed by atoms with van der Waals surface area (Å²) >= 11 is 0. The van der Waals surface area contributed by atoms with Crippen molar-refractivity contribution in [3.05, 3.63) is 23.8 Å². The average molecular weight is 181 g/mol. The van der Waals surface area contributed by atoms with Gasteiger partial charge in [-0.2, -0.15) is 0 Å². The predicted molar refractivity (Wildman–Crippen MR) is 48.3 cm³/mol. The first-order valence-electron chi connectivity index (χ1n) is 4.30. The first kappa shape index (κ1) is 9.86. The van der Waals surface area contributed by atoms with Gasteiger partial charge in [0.1, 0.15) is 18.1 Å². The van der Waals surface area contributed by atoms with Crippen LogP contribution < -0.4 is 4.74 Å². The minimum Gasteiger partial charge on any atom is -0.508 e. The van der Waals surface area contributed by atoms with E-state index in [1.807, 2.05) is 6.92 Å². The van der Waals surface area contributed by atoms with Gasteiger partial charge in [0.25, 0.3) is 0 Å². The molecule has 71 valence electrons. The van der Waals surface area contributed by atoms with Crippen LogP contribution in [-0.2, 0) is 11.7 Å². The second kappa shape index (κ2) is 4.72. The molecule has 0 aliphatic carbocycles. The van der Waals surface area contributed by atoms with Gasteiger partial charge in [0.15, 0.2) is 0 Å². The molecule has 0 saturated carbocycles. The van der Waals surface area contributed by atoms with E-state index in [1.54, 1.807) is 6.07 Å². The highest BCUT2D eigenvalue weighted by Crippen LogP contribution is 2.24. The third kappa shape index (κ3) is 2.63. The highest BCUT2D eigenvalue weighted by atomic mass is 16.5. The number of ether oxygens (including phenoxy) is 1. The molecule has 0 fully saturated rings. The second-order valence-electron chi connectivity index (χ2n) is 2.78. The summed E-state index contributed by atoms with van der Waals surface area (Å²) in [6, 6.07) is 4.56. The maximum atomic E-state index is 10.7. The van der Waals surface area contributed by atoms with Crippen molar-refractivity contribution in [1.82, 2.24) is 0 Å². The number of phenolic OH excluding ortho intramolecular Hbond substituents is 1. The molecule has 0 aliphatic rings. The van der Waals surface area contributed by atoms with Gasteiger partial charge in [-0.05, 0) is 18.6 Å². The molecule has 0 bridgehead atoms. The van der Waals surface area contributed by atoms with E-state index in [1.165, 1.54) is 12.1 Å². The van der Waals surface area contributed by atoms with E-state index in [-0.39, 0.29) is 12.4 Å². The van der Waals surface area contributed by atoms with Crippen LogP contribution in [0.5, 0.6) is 11.5 Å². The fraction of sp³-hybridized carbons (Fsp3) is 0.400. The molecular weight excluding hydrogens is 168 g/mol. The average Bonchev–Trinajstić information content (AvgIpc) is 2.15. The molecule has 13 heavy (non-hydrogen) atoms. The highest BCUT2D eigenvalue weighted by molar-refractivity contribution is 5.39. The molecule has 0 heterocycles. The van der Waals surface area contributed by atoms with Gasteiger partial charge < -0.3 is 9.84 Å². The Balaban J connectivity index is 2.81. The minimum atomic E-state index is -0.320. The smallest absolute Gasteiger partial charge is 0.128 e. The summed E-state index contributed by atoms with van der Waals surface area (Å²) < 4.78 is 5.30. The van der Waals surface area contributed by atoms with Crippen molar-refractivity contribution in [3.63, 3.8) is 0 Å². The fourth-order valence-electron chi connectivity index (χ4n) is 1.01. The van der Waals surface area contributed by atoms with Crippen LogP contribution >= 0.6 is 0 Å². The van der Waals surface area contributed by atoms with Crippen molar-refractivity contribution in [3.8, 4) is 11.5 Å². The number of phenols is 1. The van der Waals surface area contributed by atoms with Gasteiger partial charge in [0, 0.05) is 11.6 Å². The van der Waals surface area contributed by atoms with Gasteiger partial charge in [-0.25, -0.2) is 5.11 Å². The Kier molecular flexibility index (Phi) is 3.58. The van der Waals surface area contributed by atoms with E-state index in [0.29, 0.717) is 17.9 Å². The van der Waals surface area contributed by atoms with Crippen LogP contribution in [0.3, 0.4) is 0 Å². The molecule has 0 amide bonds. The van der Waals surface area contributed by atoms with Gasteiger partial charge in [-0.15, -0.1) is 0 Å². The molecule has 3 heteroatoms. The largest absolute Gasteiger partial charge is 0.508 e. The van der Waals surface area contributed by atoms with Gasteiger partial charge in [0.2, 0.25) is 0 Å². The summed E-state index contributed by atoms with van der Waals surface area (Å²) in [5.74, 6) is 0.625. The maximum Gasteiger partial charge on any atom is 0.128 e. The molecule has 1 N–H and O–H groups in total. The summed E-state index contributed by atoms with van der Waals surface area (Å²) in [6.07, 6.45) is 0.883. The summed E-state index contributed by atoms with van der Waals surface area (Å²) in [5, 5.41) is 19.8. The van der Waals surface area contributed by atoms with E-state index in [0.717, 1.165) is 6.42 Å². The van der Waals surface area contributed by atoms with Gasteiger partial charge >= 0.3 is 0 Å². The zero-order chi connectivity index (χ0) is 9.68. The lowest BCUT2D eigenvalue weighted by atomic mass is 10.2. The summed E-state index contributed by atoms with van der Waals surface area (Å²) in [6.45, 7) is 2.23. The first-order valence-corrected chi connectivity index (χ1v) is 4.30. The van der Waals surface area contributed by atoms with Crippen LogP contribution in [-0.4, -0.2) is 11.7 Å². The van der Waals surface area contributed by atoms with E-state index in [4.69, 9.17) is 9.84 Å². The molecule has 0 atom stereocenters. The predicted octanol–water partition coefficient (Wildman–Crippen LogP) is 2.11. The van der Waals surface area contributed by atoms with Crippen LogP contribution in [0.25, 0.3) is 0 Å². The number of hydrogen-bond acceptors (Lipinski definition) is 2. The number of hydrogen-bond donors (Lipinski definition) is 1. The monoisotopic (exact) mass is 181 g/mol. The third-order valence-electron chi connectivity index (χ3n) is 1.67. The standard InChI is InChI=1S/C10H13O3/c1-2-5-13-10-6-9(12)4-3-8(10)7-11/h3-4,6,12H,2,5,7H2,1H3. The van der Waals surface area contributed by atoms with Crippen molar-refractivity contribution in [2.75, 3.05) is 6.61 Å². The van der Waals surface area contributed by atoms with Gasteiger partial charge in [-0.1, -0.05) is 6.92 Å². The third-order valence-corrected chi connectivity index (χ3v) is 1.67. The van der Waals surface area contributed by atoms with E-state index in [9.17, 15) is 5.11 Å². The summed E-state index contributed by atoms with van der Waals surface area (Å²) in [7, 11) is 0. The number of benzene rings is 1. The van der Waals surface area contributed by atoms with Crippen molar-refractivity contribution >= 4 is 0 Å². The maximum absolute atomic E-state index is 10.7. The normalized spacial score (nSPS) is 10.0. The number of aromatic hydroxyl groups is 1. The van der Waals surface area contributed by atoms with E-state index >= 15 is 0 Å². The molecule has 0 saturated heterocycles. The molecule has 0 spiro atoms. The molecule has 0 aliphatic heterocycles. The van der Waals surface area contributed by atoms with Crippen LogP contribution in [0.1, 0.15) is 18.9 Å². The topological polar surface area (TPSA) is 49.4 Å². The molecule has 1 aromatic carbocycles. The van der Waals surface area contributed by atoms with Crippen LogP contribution in [0.2, 0.25) is 0 Å². The zero-order valence-electron chi connectivity index (χ0n) is 7.62. The van der Waals surface area contributed by atoms with Crippen LogP contribution in [0, 0.1) is 0 Å². The molecule has 1 radical (unpaired) electrons. The molecule has 1 aromatic rings. The summed E-state index contributed by atoms with van der Waals surface area (Å²) in [5.41, 5.74) is 0.589. The lowest BCUT2D eigenvalue weighted by Gasteiger charge is -2.08. The molecule has 0 aromatic heterocycles. The Hall–Kier alpha value is -1.22. The SMILES string of the molecule is CCCOc1cc(O)ccc1C[O]. The highest BCUT2D eigenvalue weighted by Gasteiger charge is 2.03. The van der Waals surface area contributed by atoms with Crippen molar-refractivity contribution in [1.29, 1.82) is 0 Å². The molecule has 3 nitrogen and oxygen atoms in total. The van der Waals surface area contributed by atoms with E-state index < -0.39 is 0 Å². The minimum absolute atomic E-state index is 0.128. The molecule has 0 unspecified atom stereocenters. The Morgan fingerprint density at radius 1 is 1.46 bits per heavy atom. The van der Waals surface area contributed by atoms with Crippen LogP contribution in [0.4, 0.5) is 0 Å². The van der Waals surface area contributed by atoms with E-state index in [2.05, 4.69) is 0 Å². The lowest BCUT2D eigenvalue weighted by molar-refractivity contribution is 0.172. The Morgan fingerprint density at radius 3 is 2.85 bits per heavy atom. The zero-order valence-corrected chi connectivity index (χ0v) is 7.62. The Morgan fingerprint density at radius 2 is 2.23 bits per heavy atom. The second-order valence-corrected chi connectivity index (χ2v) is 2.78. The molecule has 1 rings (SSSR count). The van der Waals surface area contributed by atoms with Gasteiger partial charge in [0.05, 0.1) is 6.61 Å². The Labute approximate surface area is 77.6 Å². The van der Waals surface area contributed by atoms with Crippen molar-refractivity contribution < 1.29 is 14.9 Å². The van der Waals surface area contributed by atoms with Crippen LogP contribution in [0.15, 0.2) is 18.2 Å². The first-order chi connectivity index (χ1) is 6.27. The summed E-state index contributed by atoms with van der Waals surface area (Å²) in [4.78, 5) is 0. The van der Waals surface area contributed by atoms with Crippen molar-refractivity contribution in [2.24, 2.45) is 0 Å². The Bertz CT molecular complexity index is 271. The quantitative estimate of drug-likeness (QED) is 0.773.